The number of hydrogen-bond donors (Lipinski definition) is 1. The maximum Gasteiger partial charge on any atom is 0.460 e. The minimum absolute atomic E-state index is 0.253. The first-order chi connectivity index (χ1) is 10.0. The molecule has 0 aromatic carbocycles. The van der Waals surface area contributed by atoms with Gasteiger partial charge in [-0.3, -0.25) is 0 Å². The molecule has 0 saturated heterocycles. The minimum atomic E-state index is -7.30. The van der Waals surface area contributed by atoms with Gasteiger partial charge in [0, 0.05) is 13.1 Å². The lowest BCUT2D eigenvalue weighted by molar-refractivity contribution is -0.382. The van der Waals surface area contributed by atoms with Crippen LogP contribution in [-0.2, 0) is 10.0 Å². The summed E-state index contributed by atoms with van der Waals surface area (Å²) in [4.78, 5) is 0. The van der Waals surface area contributed by atoms with Crippen molar-refractivity contribution in [3.05, 3.63) is 0 Å². The highest BCUT2D eigenvalue weighted by atomic mass is 32.2. The number of nitrogens with zero attached hydrogens (tertiary/aromatic N) is 1. The van der Waals surface area contributed by atoms with Crippen molar-refractivity contribution in [2.24, 2.45) is 0 Å². The van der Waals surface area contributed by atoms with Gasteiger partial charge in [0.2, 0.25) is 0 Å². The van der Waals surface area contributed by atoms with Crippen LogP contribution in [0.2, 0.25) is 0 Å². The highest BCUT2D eigenvalue weighted by molar-refractivity contribution is 7.90. The fraction of sp³-hybridized carbons (Fsp3) is 1.00. The van der Waals surface area contributed by atoms with E-state index in [2.05, 4.69) is 0 Å². The Labute approximate surface area is 124 Å². The van der Waals surface area contributed by atoms with E-state index in [1.165, 1.54) is 6.92 Å². The third-order valence-corrected chi connectivity index (χ3v) is 4.55. The van der Waals surface area contributed by atoms with Gasteiger partial charge in [-0.15, -0.1) is 0 Å². The number of aliphatic hydroxyl groups is 1. The van der Waals surface area contributed by atoms with E-state index in [0.717, 1.165) is 0 Å². The van der Waals surface area contributed by atoms with Crippen molar-refractivity contribution in [2.45, 2.75) is 36.6 Å². The first-order valence-electron chi connectivity index (χ1n) is 5.83. The Balaban J connectivity index is 6.12. The second-order valence-electron chi connectivity index (χ2n) is 4.29. The number of aliphatic hydroxyl groups excluding tert-OH is 1. The van der Waals surface area contributed by atoms with Crippen LogP contribution >= 0.6 is 0 Å². The monoisotopic (exact) mass is 385 g/mol. The van der Waals surface area contributed by atoms with Crippen molar-refractivity contribution in [2.75, 3.05) is 19.7 Å². The molecule has 0 rings (SSSR count). The average Bonchev–Trinajstić information content (AvgIpc) is 2.36. The minimum Gasteiger partial charge on any atom is -0.395 e. The van der Waals surface area contributed by atoms with Gasteiger partial charge < -0.3 is 5.11 Å². The summed E-state index contributed by atoms with van der Waals surface area (Å²) >= 11 is 0. The summed E-state index contributed by atoms with van der Waals surface area (Å²) < 4.78 is 137. The van der Waals surface area contributed by atoms with Gasteiger partial charge in [0.05, 0.1) is 6.61 Å². The van der Waals surface area contributed by atoms with Crippen LogP contribution in [0.1, 0.15) is 13.3 Å². The summed E-state index contributed by atoms with van der Waals surface area (Å²) in [7, 11) is -6.62. The van der Waals surface area contributed by atoms with Gasteiger partial charge in [0.1, 0.15) is 0 Å². The Morgan fingerprint density at radius 1 is 0.870 bits per heavy atom. The van der Waals surface area contributed by atoms with Gasteiger partial charge in [0.15, 0.2) is 0 Å². The molecule has 0 atom stereocenters. The van der Waals surface area contributed by atoms with Crippen molar-refractivity contribution >= 4 is 10.0 Å². The van der Waals surface area contributed by atoms with Gasteiger partial charge in [-0.1, -0.05) is 6.92 Å². The van der Waals surface area contributed by atoms with E-state index in [9.17, 15) is 47.9 Å². The van der Waals surface area contributed by atoms with Crippen molar-refractivity contribution < 1.29 is 53.0 Å². The summed E-state index contributed by atoms with van der Waals surface area (Å²) in [5, 5.41) is 1.76. The zero-order valence-electron chi connectivity index (χ0n) is 11.3. The van der Waals surface area contributed by atoms with Crippen LogP contribution in [0, 0.1) is 0 Å². The third kappa shape index (κ3) is 3.52. The topological polar surface area (TPSA) is 57.6 Å². The Morgan fingerprint density at radius 2 is 1.30 bits per heavy atom. The largest absolute Gasteiger partial charge is 0.460 e. The predicted octanol–water partition coefficient (Wildman–Crippen LogP) is 2.45. The van der Waals surface area contributed by atoms with Crippen molar-refractivity contribution in [3.8, 4) is 0 Å². The normalized spacial score (nSPS) is 15.3. The fourth-order valence-corrected chi connectivity index (χ4v) is 2.92. The molecular formula is C9H12F9NO3S. The summed E-state index contributed by atoms with van der Waals surface area (Å²) in [6, 6.07) is 0. The summed E-state index contributed by atoms with van der Waals surface area (Å²) in [6.45, 7) is -2.03. The number of alkyl halides is 9. The Hall–Kier alpha value is -0.760. The number of rotatable bonds is 8. The Bertz CT molecular complexity index is 497. The molecule has 4 nitrogen and oxygen atoms in total. The lowest BCUT2D eigenvalue weighted by Gasteiger charge is -2.35. The maximum atomic E-state index is 13.5. The standard InChI is InChI=1S/C9H12F9NO3S/c1-2-3-19(4-5-20)23(21,22)9(17,18)7(12,13)6(10,11)8(14,15)16/h20H,2-5H2,1H3. The van der Waals surface area contributed by atoms with Crippen molar-refractivity contribution in [3.63, 3.8) is 0 Å². The van der Waals surface area contributed by atoms with Crippen LogP contribution in [0.5, 0.6) is 0 Å². The van der Waals surface area contributed by atoms with Crippen LogP contribution in [0.15, 0.2) is 0 Å². The van der Waals surface area contributed by atoms with E-state index < -0.39 is 57.3 Å². The lowest BCUT2D eigenvalue weighted by Crippen LogP contribution is -2.65. The molecule has 0 fully saturated rings. The second kappa shape index (κ2) is 6.63. The van der Waals surface area contributed by atoms with E-state index >= 15 is 0 Å². The van der Waals surface area contributed by atoms with Crippen LogP contribution in [-0.4, -0.2) is 60.8 Å². The SMILES string of the molecule is CCCN(CCO)S(=O)(=O)C(F)(F)C(F)(F)C(F)(F)C(F)(F)F. The molecule has 0 aromatic heterocycles. The lowest BCUT2D eigenvalue weighted by atomic mass is 10.1. The molecule has 0 aromatic rings. The van der Waals surface area contributed by atoms with Gasteiger partial charge >= 0.3 is 23.3 Å². The van der Waals surface area contributed by atoms with Crippen LogP contribution in [0.25, 0.3) is 0 Å². The maximum absolute atomic E-state index is 13.5. The molecule has 0 aliphatic heterocycles. The van der Waals surface area contributed by atoms with Crippen LogP contribution < -0.4 is 0 Å². The summed E-state index contributed by atoms with van der Waals surface area (Å²) in [5.74, 6) is -14.6. The predicted molar refractivity (Wildman–Crippen MR) is 58.8 cm³/mol. The summed E-state index contributed by atoms with van der Waals surface area (Å²) in [5.41, 5.74) is 0. The zero-order chi connectivity index (χ0) is 18.9. The Kier molecular flexibility index (Phi) is 6.41. The molecule has 140 valence electrons. The average molecular weight is 385 g/mol. The van der Waals surface area contributed by atoms with Crippen molar-refractivity contribution in [1.29, 1.82) is 0 Å². The van der Waals surface area contributed by atoms with E-state index in [-0.39, 0.29) is 6.42 Å². The van der Waals surface area contributed by atoms with Crippen LogP contribution in [0.3, 0.4) is 0 Å². The first kappa shape index (κ1) is 22.2. The second-order valence-corrected chi connectivity index (χ2v) is 6.27. The van der Waals surface area contributed by atoms with E-state index in [1.807, 2.05) is 0 Å². The molecule has 0 saturated carbocycles. The first-order valence-corrected chi connectivity index (χ1v) is 7.27. The van der Waals surface area contributed by atoms with E-state index in [4.69, 9.17) is 5.11 Å². The smallest absolute Gasteiger partial charge is 0.395 e. The molecule has 0 aliphatic rings. The fourth-order valence-electron chi connectivity index (χ4n) is 1.40. The number of hydrogen-bond acceptors (Lipinski definition) is 3. The molecule has 1 N–H and O–H groups in total. The zero-order valence-corrected chi connectivity index (χ0v) is 12.2. The molecule has 23 heavy (non-hydrogen) atoms. The molecule has 0 radical (unpaired) electrons. The molecule has 0 amide bonds. The third-order valence-electron chi connectivity index (χ3n) is 2.60. The summed E-state index contributed by atoms with van der Waals surface area (Å²) in [6.07, 6.45) is -7.36. The molecule has 0 heterocycles. The highest BCUT2D eigenvalue weighted by Crippen LogP contribution is 2.55. The van der Waals surface area contributed by atoms with Crippen molar-refractivity contribution in [1.82, 2.24) is 4.31 Å². The Morgan fingerprint density at radius 3 is 1.61 bits per heavy atom. The van der Waals surface area contributed by atoms with E-state index in [0.29, 0.717) is 0 Å². The molecule has 0 spiro atoms. The molecular weight excluding hydrogens is 373 g/mol. The molecule has 14 heteroatoms. The van der Waals surface area contributed by atoms with Gasteiger partial charge in [0.25, 0.3) is 10.0 Å². The quantitative estimate of drug-likeness (QED) is 0.653. The number of halogens is 9. The van der Waals surface area contributed by atoms with Gasteiger partial charge in [-0.05, 0) is 6.42 Å². The number of sulfonamides is 1. The van der Waals surface area contributed by atoms with E-state index in [1.54, 1.807) is 0 Å². The van der Waals surface area contributed by atoms with Crippen LogP contribution in [0.4, 0.5) is 39.5 Å². The molecule has 0 aliphatic carbocycles. The highest BCUT2D eigenvalue weighted by Gasteiger charge is 2.85. The molecule has 0 bridgehead atoms. The van der Waals surface area contributed by atoms with Gasteiger partial charge in [-0.2, -0.15) is 43.8 Å². The molecule has 0 unspecified atom stereocenters. The van der Waals surface area contributed by atoms with Gasteiger partial charge in [-0.25, -0.2) is 8.42 Å².